The van der Waals surface area contributed by atoms with E-state index in [1.165, 1.54) is 38.5 Å². The molecule has 0 radical (unpaired) electrons. The number of rotatable bonds is 8. The molecule has 0 spiro atoms. The summed E-state index contributed by atoms with van der Waals surface area (Å²) in [6.45, 7) is 20.0. The predicted molar refractivity (Wildman–Crippen MR) is 151 cm³/mol. The van der Waals surface area contributed by atoms with Crippen molar-refractivity contribution in [3.63, 3.8) is 0 Å². The molecular weight excluding hydrogens is 491 g/mol. The van der Waals surface area contributed by atoms with Crippen LogP contribution in [0.1, 0.15) is 52.4 Å². The molecule has 30 heavy (non-hydrogen) atoms. The normalized spacial score (nSPS) is 18.2. The van der Waals surface area contributed by atoms with Gasteiger partial charge < -0.3 is 0 Å². The summed E-state index contributed by atoms with van der Waals surface area (Å²) in [5, 5.41) is 9.14. The van der Waals surface area contributed by atoms with Crippen molar-refractivity contribution in [3.8, 4) is 0 Å². The Morgan fingerprint density at radius 1 is 0.733 bits per heavy atom. The first-order valence-corrected chi connectivity index (χ1v) is 27.2. The quantitative estimate of drug-likeness (QED) is 0.271. The molecule has 0 fully saturated rings. The van der Waals surface area contributed by atoms with Crippen LogP contribution in [0.2, 0.25) is 49.7 Å². The van der Waals surface area contributed by atoms with Gasteiger partial charge in [-0.15, -0.1) is 24.8 Å². The van der Waals surface area contributed by atoms with Gasteiger partial charge in [-0.3, -0.25) is 0 Å². The van der Waals surface area contributed by atoms with Gasteiger partial charge in [0.1, 0.15) is 0 Å². The summed E-state index contributed by atoms with van der Waals surface area (Å²) in [4.78, 5) is 0. The fraction of sp³-hybridized carbons (Fsp3) is 0.667. The topological polar surface area (TPSA) is 0 Å². The monoisotopic (exact) mass is 538 g/mol. The van der Waals surface area contributed by atoms with Crippen LogP contribution >= 0.6 is 24.8 Å². The first-order valence-electron chi connectivity index (χ1n) is 11.5. The number of hydrogen-bond acceptors (Lipinski definition) is 0. The Labute approximate surface area is 204 Å². The van der Waals surface area contributed by atoms with E-state index in [1.54, 1.807) is 11.1 Å². The molecule has 0 N–H and O–H groups in total. The standard InChI is InChI=1S/2C11H19Si.2CH3.2ClH.H2Si.Ti/c2*1-5-6-10-7-8-11(9-10)12(2,3)4;;;;;;/h2*9H,5-6,8H2,1-4H3;2*1H3;2*1H;1H2;. The van der Waals surface area contributed by atoms with Crippen molar-refractivity contribution in [2.45, 2.75) is 102 Å². The van der Waals surface area contributed by atoms with E-state index in [1.807, 2.05) is 18.1 Å². The molecule has 0 bridgehead atoms. The van der Waals surface area contributed by atoms with E-state index in [4.69, 9.17) is 0 Å². The zero-order chi connectivity index (χ0) is 21.6. The van der Waals surface area contributed by atoms with Crippen molar-refractivity contribution in [2.75, 3.05) is 0 Å². The second-order valence-corrected chi connectivity index (χ2v) is 41.7. The Morgan fingerprint density at radius 2 is 1.03 bits per heavy atom. The summed E-state index contributed by atoms with van der Waals surface area (Å²) >= 11 is -2.89. The maximum absolute atomic E-state index is 2.89. The third kappa shape index (κ3) is 6.49. The number of allylic oxidation sites excluding steroid dienone is 8. The van der Waals surface area contributed by atoms with Gasteiger partial charge in [0.2, 0.25) is 0 Å². The molecule has 0 saturated heterocycles. The van der Waals surface area contributed by atoms with E-state index < -0.39 is 30.2 Å². The van der Waals surface area contributed by atoms with E-state index in [0.717, 1.165) is 0 Å². The fourth-order valence-electron chi connectivity index (χ4n) is 5.03. The van der Waals surface area contributed by atoms with Gasteiger partial charge in [0.05, 0.1) is 0 Å². The first-order chi connectivity index (χ1) is 12.6. The molecule has 174 valence electrons. The average molecular weight is 540 g/mol. The zero-order valence-corrected chi connectivity index (χ0v) is 28.0. The number of halogens is 2. The van der Waals surface area contributed by atoms with Gasteiger partial charge in [-0.05, 0) is 0 Å². The zero-order valence-electron chi connectivity index (χ0n) is 21.4. The summed E-state index contributed by atoms with van der Waals surface area (Å²) in [7, 11) is 0.00665. The molecule has 0 saturated carbocycles. The van der Waals surface area contributed by atoms with Crippen LogP contribution in [0.5, 0.6) is 0 Å². The van der Waals surface area contributed by atoms with Gasteiger partial charge in [-0.25, -0.2) is 0 Å². The molecule has 0 nitrogen and oxygen atoms in total. The van der Waals surface area contributed by atoms with Crippen LogP contribution in [0.3, 0.4) is 0 Å². The Hall–Kier alpha value is 0.905. The molecule has 0 atom stereocenters. The predicted octanol–water partition coefficient (Wildman–Crippen LogP) is 8.69. The van der Waals surface area contributed by atoms with Crippen LogP contribution in [0.15, 0.2) is 41.4 Å². The Morgan fingerprint density at radius 3 is 1.27 bits per heavy atom. The molecule has 0 aromatic heterocycles. The van der Waals surface area contributed by atoms with E-state index in [2.05, 4.69) is 83.4 Å². The molecule has 0 unspecified atom stereocenters. The molecule has 2 aliphatic rings. The van der Waals surface area contributed by atoms with Crippen LogP contribution in [0, 0.1) is 0 Å². The van der Waals surface area contributed by atoms with Gasteiger partial charge in [0.15, 0.2) is 0 Å². The van der Waals surface area contributed by atoms with E-state index >= 15 is 0 Å². The summed E-state index contributed by atoms with van der Waals surface area (Å²) in [5.41, 5.74) is 3.50. The van der Waals surface area contributed by atoms with Gasteiger partial charge >= 0.3 is 181 Å². The molecule has 0 aromatic carbocycles. The largest absolute Gasteiger partial charge is 0.147 e. The molecule has 0 aromatic rings. The summed E-state index contributed by atoms with van der Waals surface area (Å²) in [5.74, 6) is 0. The van der Waals surface area contributed by atoms with Crippen LogP contribution in [0.25, 0.3) is 0 Å². The van der Waals surface area contributed by atoms with Crippen molar-refractivity contribution < 1.29 is 14.0 Å². The van der Waals surface area contributed by atoms with Crippen LogP contribution in [0.4, 0.5) is 0 Å². The molecule has 0 aliphatic heterocycles. The minimum atomic E-state index is -2.89. The van der Waals surface area contributed by atoms with E-state index in [0.29, 0.717) is 0 Å². The van der Waals surface area contributed by atoms with Crippen molar-refractivity contribution in [2.24, 2.45) is 0 Å². The van der Waals surface area contributed by atoms with Crippen LogP contribution in [-0.2, 0) is 14.0 Å². The molecule has 2 aliphatic carbocycles. The maximum atomic E-state index is 2.76. The second kappa shape index (κ2) is 10.4. The van der Waals surface area contributed by atoms with Gasteiger partial charge in [-0.2, -0.15) is 0 Å². The van der Waals surface area contributed by atoms with Crippen molar-refractivity contribution in [1.82, 2.24) is 0 Å². The average Bonchev–Trinajstić information content (AvgIpc) is 3.12. The molecular formula is C24H48Cl2Si3Ti. The fourth-order valence-corrected chi connectivity index (χ4v) is 17.9. The summed E-state index contributed by atoms with van der Waals surface area (Å²) < 4.78 is 3.87. The van der Waals surface area contributed by atoms with Gasteiger partial charge in [0, 0.05) is 0 Å². The third-order valence-electron chi connectivity index (χ3n) is 7.11. The molecule has 2 rings (SSSR count). The van der Waals surface area contributed by atoms with Crippen molar-refractivity contribution in [3.05, 3.63) is 41.4 Å². The maximum Gasteiger partial charge on any atom is -0.147 e. The third-order valence-corrected chi connectivity index (χ3v) is 22.7. The molecule has 6 heteroatoms. The van der Waals surface area contributed by atoms with Crippen LogP contribution in [-0.4, -0.2) is 23.8 Å². The SMILES string of the molecule is CCCC1=[C]([Ti]([CH3])([CH3])(=[SiH2])[C]2=C(CCC)C=C([Si](C)(C)C)C2)CC([Si](C)(C)C)=C1.Cl.Cl. The Bertz CT molecular complexity index is 777. The Balaban J connectivity index is 0.00000420. The van der Waals surface area contributed by atoms with E-state index in [-0.39, 0.29) is 24.8 Å². The van der Waals surface area contributed by atoms with Crippen LogP contribution < -0.4 is 0 Å². The summed E-state index contributed by atoms with van der Waals surface area (Å²) in [6.07, 6.45) is 13.1. The minimum absolute atomic E-state index is 0. The second-order valence-electron chi connectivity index (χ2n) is 12.4. The molecule has 0 amide bonds. The Kier molecular flexibility index (Phi) is 10.8. The van der Waals surface area contributed by atoms with Crippen molar-refractivity contribution in [1.29, 1.82) is 0 Å². The first kappa shape index (κ1) is 30.9. The smallest absolute Gasteiger partial charge is 0.147 e. The van der Waals surface area contributed by atoms with Gasteiger partial charge in [0.25, 0.3) is 0 Å². The van der Waals surface area contributed by atoms with Crippen molar-refractivity contribution >= 4 is 48.6 Å². The summed E-state index contributed by atoms with van der Waals surface area (Å²) in [6, 6.07) is 0. The van der Waals surface area contributed by atoms with Gasteiger partial charge in [-0.1, -0.05) is 0 Å². The number of hydrogen-bond donors (Lipinski definition) is 0. The van der Waals surface area contributed by atoms with E-state index in [9.17, 15) is 0 Å². The molecule has 0 heterocycles. The minimum Gasteiger partial charge on any atom is -0.147 e.